The average molecular weight is 502 g/mol. The Morgan fingerprint density at radius 3 is 2.31 bits per heavy atom. The van der Waals surface area contributed by atoms with E-state index >= 15 is 0 Å². The van der Waals surface area contributed by atoms with Gasteiger partial charge in [0.2, 0.25) is 6.19 Å². The van der Waals surface area contributed by atoms with Crippen LogP contribution in [0.15, 0.2) is 41.5 Å². The molecule has 0 radical (unpaired) electrons. The molecular formula is C25H32ClN5O4. The van der Waals surface area contributed by atoms with Crippen LogP contribution in [0, 0.1) is 25.3 Å². The molecular weight excluding hydrogens is 470 g/mol. The topological polar surface area (TPSA) is 108 Å². The minimum Gasteiger partial charge on any atom is -0.467 e. The molecule has 0 aliphatic carbocycles. The van der Waals surface area contributed by atoms with Gasteiger partial charge in [0.15, 0.2) is 0 Å². The SMILES string of the molecule is C/C(=N\C#N)N(C)Cc1ccc(Cl)nc1.COCC(=O)N(c1c(C)cccc1C)C(C)C(=O)OC. The van der Waals surface area contributed by atoms with Crippen LogP contribution >= 0.6 is 11.6 Å². The maximum Gasteiger partial charge on any atom is 0.328 e. The van der Waals surface area contributed by atoms with Gasteiger partial charge in [0.05, 0.1) is 12.8 Å². The number of carbonyl (C=O) groups excluding carboxylic acids is 2. The lowest BCUT2D eigenvalue weighted by Gasteiger charge is -2.30. The normalized spacial score (nSPS) is 11.5. The Labute approximate surface area is 211 Å². The standard InChI is InChI=1S/C15H21NO4.C10H11ClN4/c1-10-7-6-8-11(2)14(10)16(13(17)9-19-4)12(3)15(18)20-5;1-8(14-7-12)15(2)6-9-3-4-10(11)13-5-9/h6-8,12H,9H2,1-5H3;3-5H,6H2,1-2H3/b;14-8+. The minimum atomic E-state index is -0.706. The number of amidine groups is 1. The number of methoxy groups -OCH3 is 2. The van der Waals surface area contributed by atoms with E-state index in [-0.39, 0.29) is 12.5 Å². The first-order valence-electron chi connectivity index (χ1n) is 10.8. The predicted molar refractivity (Wildman–Crippen MR) is 136 cm³/mol. The van der Waals surface area contributed by atoms with Crippen molar-refractivity contribution in [3.8, 4) is 6.19 Å². The molecule has 1 atom stereocenters. The Bertz CT molecular complexity index is 1050. The van der Waals surface area contributed by atoms with Gasteiger partial charge in [0.1, 0.15) is 23.6 Å². The van der Waals surface area contributed by atoms with Crippen molar-refractivity contribution in [3.05, 3.63) is 58.4 Å². The molecule has 1 unspecified atom stereocenters. The molecule has 2 rings (SSSR count). The summed E-state index contributed by atoms with van der Waals surface area (Å²) in [6.45, 7) is 7.80. The lowest BCUT2D eigenvalue weighted by molar-refractivity contribution is -0.143. The Hall–Kier alpha value is -3.48. The molecule has 1 aromatic carbocycles. The molecule has 35 heavy (non-hydrogen) atoms. The van der Waals surface area contributed by atoms with Crippen LogP contribution in [-0.4, -0.2) is 61.5 Å². The molecule has 1 heterocycles. The van der Waals surface area contributed by atoms with E-state index in [0.717, 1.165) is 22.4 Å². The fourth-order valence-electron chi connectivity index (χ4n) is 3.23. The second kappa shape index (κ2) is 14.7. The third-order valence-electron chi connectivity index (χ3n) is 5.12. The van der Waals surface area contributed by atoms with Crippen LogP contribution in [-0.2, 0) is 25.6 Å². The molecule has 1 aromatic heterocycles. The second-order valence-corrected chi connectivity index (χ2v) is 8.13. The molecule has 0 saturated heterocycles. The molecule has 10 heteroatoms. The molecule has 2 aromatic rings. The lowest BCUT2D eigenvalue weighted by atomic mass is 10.1. The number of amides is 1. The number of anilines is 1. The zero-order chi connectivity index (χ0) is 26.5. The molecule has 0 aliphatic rings. The minimum absolute atomic E-state index is 0.0882. The van der Waals surface area contributed by atoms with Crippen LogP contribution in [0.3, 0.4) is 0 Å². The Balaban J connectivity index is 0.000000365. The fourth-order valence-corrected chi connectivity index (χ4v) is 3.35. The van der Waals surface area contributed by atoms with Crippen molar-refractivity contribution in [3.63, 3.8) is 0 Å². The number of nitrogens with zero attached hydrogens (tertiary/aromatic N) is 5. The highest BCUT2D eigenvalue weighted by Crippen LogP contribution is 2.27. The monoisotopic (exact) mass is 501 g/mol. The number of aryl methyl sites for hydroxylation is 2. The summed E-state index contributed by atoms with van der Waals surface area (Å²) in [7, 11) is 4.62. The van der Waals surface area contributed by atoms with Crippen molar-refractivity contribution in [2.24, 2.45) is 4.99 Å². The van der Waals surface area contributed by atoms with Crippen LogP contribution < -0.4 is 4.90 Å². The summed E-state index contributed by atoms with van der Waals surface area (Å²) in [5.74, 6) is -0.0626. The molecule has 0 spiro atoms. The van der Waals surface area contributed by atoms with Crippen LogP contribution in [0.2, 0.25) is 5.15 Å². The van der Waals surface area contributed by atoms with E-state index < -0.39 is 12.0 Å². The summed E-state index contributed by atoms with van der Waals surface area (Å²) < 4.78 is 9.65. The van der Waals surface area contributed by atoms with E-state index in [0.29, 0.717) is 17.5 Å². The lowest BCUT2D eigenvalue weighted by Crippen LogP contribution is -2.46. The van der Waals surface area contributed by atoms with Gasteiger partial charge >= 0.3 is 5.97 Å². The van der Waals surface area contributed by atoms with Crippen molar-refractivity contribution >= 4 is 35.0 Å². The number of hydrogen-bond acceptors (Lipinski definition) is 7. The largest absolute Gasteiger partial charge is 0.467 e. The van der Waals surface area contributed by atoms with E-state index in [1.165, 1.54) is 19.1 Å². The third kappa shape index (κ3) is 9.00. The molecule has 9 nitrogen and oxygen atoms in total. The van der Waals surface area contributed by atoms with E-state index in [1.807, 2.05) is 50.1 Å². The molecule has 0 saturated carbocycles. The number of para-hydroxylation sites is 1. The Kier molecular flexibility index (Phi) is 12.4. The molecule has 0 fully saturated rings. The number of benzene rings is 1. The first kappa shape index (κ1) is 29.6. The number of ether oxygens (including phenoxy) is 2. The van der Waals surface area contributed by atoms with Crippen LogP contribution in [0.1, 0.15) is 30.5 Å². The summed E-state index contributed by atoms with van der Waals surface area (Å²) in [4.78, 5) is 35.0. The summed E-state index contributed by atoms with van der Waals surface area (Å²) in [5.41, 5.74) is 3.59. The van der Waals surface area contributed by atoms with E-state index in [2.05, 4.69) is 9.98 Å². The van der Waals surface area contributed by atoms with Crippen molar-refractivity contribution in [2.75, 3.05) is 32.8 Å². The van der Waals surface area contributed by atoms with Crippen LogP contribution in [0.4, 0.5) is 5.69 Å². The van der Waals surface area contributed by atoms with Gasteiger partial charge in [0, 0.05) is 26.9 Å². The van der Waals surface area contributed by atoms with Gasteiger partial charge in [-0.1, -0.05) is 35.9 Å². The molecule has 0 bridgehead atoms. The first-order valence-corrected chi connectivity index (χ1v) is 11.1. The number of pyridine rings is 1. The van der Waals surface area contributed by atoms with Gasteiger partial charge in [-0.3, -0.25) is 9.69 Å². The van der Waals surface area contributed by atoms with Gasteiger partial charge in [-0.15, -0.1) is 0 Å². The summed E-state index contributed by atoms with van der Waals surface area (Å²) in [5, 5.41) is 8.87. The molecule has 0 aliphatic heterocycles. The Morgan fingerprint density at radius 1 is 1.20 bits per heavy atom. The number of aromatic nitrogens is 1. The maximum absolute atomic E-state index is 12.3. The summed E-state index contributed by atoms with van der Waals surface area (Å²) in [6, 6.07) is 8.64. The molecule has 0 N–H and O–H groups in total. The van der Waals surface area contributed by atoms with Gasteiger partial charge in [-0.2, -0.15) is 10.3 Å². The number of esters is 1. The quantitative estimate of drug-likeness (QED) is 0.186. The zero-order valence-corrected chi connectivity index (χ0v) is 22.0. The zero-order valence-electron chi connectivity index (χ0n) is 21.2. The van der Waals surface area contributed by atoms with Gasteiger partial charge in [-0.25, -0.2) is 9.78 Å². The highest BCUT2D eigenvalue weighted by molar-refractivity contribution is 6.29. The number of hydrogen-bond donors (Lipinski definition) is 0. The van der Waals surface area contributed by atoms with Gasteiger partial charge < -0.3 is 14.4 Å². The van der Waals surface area contributed by atoms with Gasteiger partial charge in [-0.05, 0) is 50.5 Å². The molecule has 188 valence electrons. The number of halogens is 1. The maximum atomic E-state index is 12.3. The third-order valence-corrected chi connectivity index (χ3v) is 5.34. The van der Waals surface area contributed by atoms with E-state index in [4.69, 9.17) is 26.3 Å². The van der Waals surface area contributed by atoms with Crippen molar-refractivity contribution in [2.45, 2.75) is 40.3 Å². The van der Waals surface area contributed by atoms with Crippen molar-refractivity contribution < 1.29 is 19.1 Å². The Morgan fingerprint density at radius 2 is 1.83 bits per heavy atom. The summed E-state index contributed by atoms with van der Waals surface area (Å²) in [6.07, 6.45) is 3.46. The molecule has 1 amide bonds. The van der Waals surface area contributed by atoms with Crippen LogP contribution in [0.5, 0.6) is 0 Å². The first-order chi connectivity index (χ1) is 16.6. The number of aliphatic imine (C=N–C) groups is 1. The number of rotatable bonds is 7. The summed E-state index contributed by atoms with van der Waals surface area (Å²) >= 11 is 5.67. The average Bonchev–Trinajstić information content (AvgIpc) is 2.82. The predicted octanol–water partition coefficient (Wildman–Crippen LogP) is 3.91. The van der Waals surface area contributed by atoms with E-state index in [1.54, 1.807) is 32.3 Å². The van der Waals surface area contributed by atoms with Gasteiger partial charge in [0.25, 0.3) is 5.91 Å². The smallest absolute Gasteiger partial charge is 0.328 e. The number of carbonyl (C=O) groups is 2. The highest BCUT2D eigenvalue weighted by atomic mass is 35.5. The van der Waals surface area contributed by atoms with Crippen molar-refractivity contribution in [1.29, 1.82) is 5.26 Å². The van der Waals surface area contributed by atoms with Crippen LogP contribution in [0.25, 0.3) is 0 Å². The number of nitriles is 1. The fraction of sp³-hybridized carbons (Fsp3) is 0.400. The van der Waals surface area contributed by atoms with E-state index in [9.17, 15) is 9.59 Å². The second-order valence-electron chi connectivity index (χ2n) is 7.74. The van der Waals surface area contributed by atoms with Crippen molar-refractivity contribution in [1.82, 2.24) is 9.88 Å². The highest BCUT2D eigenvalue weighted by Gasteiger charge is 2.29.